The highest BCUT2D eigenvalue weighted by molar-refractivity contribution is 5.29. The van der Waals surface area contributed by atoms with Crippen molar-refractivity contribution < 1.29 is 4.74 Å². The zero-order valence-electron chi connectivity index (χ0n) is 8.29. The van der Waals surface area contributed by atoms with Gasteiger partial charge in [-0.05, 0) is 12.5 Å². The Bertz CT molecular complexity index is 188. The number of ether oxygens (including phenoxy) is 1. The van der Waals surface area contributed by atoms with Crippen LogP contribution in [0.1, 0.15) is 26.3 Å². The maximum atomic E-state index is 5.10. The highest BCUT2D eigenvalue weighted by Crippen LogP contribution is 2.15. The molecular formula is C10H17NO. The summed E-state index contributed by atoms with van der Waals surface area (Å²) in [4.78, 5) is 3.98. The Morgan fingerprint density at radius 1 is 1.42 bits per heavy atom. The van der Waals surface area contributed by atoms with E-state index in [4.69, 9.17) is 4.74 Å². The molecule has 0 atom stereocenters. The van der Waals surface area contributed by atoms with Crippen LogP contribution in [-0.2, 0) is 6.42 Å². The second kappa shape index (κ2) is 6.65. The number of hydrogen-bond acceptors (Lipinski definition) is 2. The van der Waals surface area contributed by atoms with Gasteiger partial charge in [0.05, 0.1) is 7.11 Å². The van der Waals surface area contributed by atoms with Gasteiger partial charge in [0.25, 0.3) is 0 Å². The number of methoxy groups -OCH3 is 1. The Morgan fingerprint density at radius 2 is 2.08 bits per heavy atom. The minimum atomic E-state index is 0.928. The second-order valence-electron chi connectivity index (χ2n) is 2.04. The van der Waals surface area contributed by atoms with Crippen LogP contribution in [0.3, 0.4) is 0 Å². The molecule has 0 saturated carbocycles. The molecule has 0 spiro atoms. The molecule has 0 aliphatic rings. The molecular weight excluding hydrogens is 150 g/mol. The van der Waals surface area contributed by atoms with Gasteiger partial charge in [-0.15, -0.1) is 0 Å². The van der Waals surface area contributed by atoms with Crippen molar-refractivity contribution >= 4 is 0 Å². The molecule has 12 heavy (non-hydrogen) atoms. The largest absolute Gasteiger partial charge is 0.496 e. The van der Waals surface area contributed by atoms with E-state index in [-0.39, 0.29) is 0 Å². The van der Waals surface area contributed by atoms with Crippen molar-refractivity contribution in [2.24, 2.45) is 0 Å². The van der Waals surface area contributed by atoms with Crippen molar-refractivity contribution in [1.29, 1.82) is 0 Å². The molecule has 1 aromatic rings. The zero-order valence-corrected chi connectivity index (χ0v) is 8.29. The van der Waals surface area contributed by atoms with Crippen LogP contribution in [0.4, 0.5) is 0 Å². The fourth-order valence-electron chi connectivity index (χ4n) is 0.879. The van der Waals surface area contributed by atoms with Crippen LogP contribution >= 0.6 is 0 Å². The van der Waals surface area contributed by atoms with E-state index < -0.39 is 0 Å². The third kappa shape index (κ3) is 2.91. The molecule has 2 heteroatoms. The number of hydrogen-bond donors (Lipinski definition) is 0. The molecule has 0 fully saturated rings. The smallest absolute Gasteiger partial charge is 0.125 e. The predicted octanol–water partition coefficient (Wildman–Crippen LogP) is 2.68. The fraction of sp³-hybridized carbons (Fsp3) is 0.500. The molecule has 0 aliphatic heterocycles. The van der Waals surface area contributed by atoms with E-state index in [1.807, 2.05) is 26.1 Å². The van der Waals surface area contributed by atoms with Gasteiger partial charge in [0, 0.05) is 18.0 Å². The van der Waals surface area contributed by atoms with Gasteiger partial charge in [-0.25, -0.2) is 0 Å². The maximum absolute atomic E-state index is 5.10. The fourth-order valence-corrected chi connectivity index (χ4v) is 0.879. The molecule has 0 radical (unpaired) electrons. The maximum Gasteiger partial charge on any atom is 0.125 e. The standard InChI is InChI=1S/C8H11NO.C2H6/c1-3-7-6-9-5-4-8(7)10-2;1-2/h4-6H,3H2,1-2H3;1-2H3. The Labute approximate surface area is 74.6 Å². The topological polar surface area (TPSA) is 22.1 Å². The normalized spacial score (nSPS) is 8.33. The van der Waals surface area contributed by atoms with Gasteiger partial charge in [-0.1, -0.05) is 20.8 Å². The zero-order chi connectivity index (χ0) is 9.40. The number of aryl methyl sites for hydroxylation is 1. The van der Waals surface area contributed by atoms with Crippen LogP contribution in [-0.4, -0.2) is 12.1 Å². The van der Waals surface area contributed by atoms with E-state index in [0.29, 0.717) is 0 Å². The molecule has 0 aromatic carbocycles. The first-order valence-corrected chi connectivity index (χ1v) is 4.35. The van der Waals surface area contributed by atoms with E-state index in [2.05, 4.69) is 11.9 Å². The van der Waals surface area contributed by atoms with Crippen LogP contribution in [0.5, 0.6) is 5.75 Å². The quantitative estimate of drug-likeness (QED) is 0.675. The number of rotatable bonds is 2. The second-order valence-corrected chi connectivity index (χ2v) is 2.04. The first-order valence-electron chi connectivity index (χ1n) is 4.35. The van der Waals surface area contributed by atoms with Crippen molar-refractivity contribution in [3.05, 3.63) is 24.0 Å². The van der Waals surface area contributed by atoms with Crippen LogP contribution in [0, 0.1) is 0 Å². The molecule has 68 valence electrons. The molecule has 0 unspecified atom stereocenters. The van der Waals surface area contributed by atoms with E-state index in [0.717, 1.165) is 17.7 Å². The average molecular weight is 167 g/mol. The van der Waals surface area contributed by atoms with Gasteiger partial charge >= 0.3 is 0 Å². The molecule has 0 saturated heterocycles. The first kappa shape index (κ1) is 11.0. The molecule has 1 heterocycles. The van der Waals surface area contributed by atoms with Gasteiger partial charge in [0.1, 0.15) is 5.75 Å². The molecule has 0 N–H and O–H groups in total. The average Bonchev–Trinajstić information content (AvgIpc) is 2.20. The lowest BCUT2D eigenvalue weighted by molar-refractivity contribution is 0.409. The summed E-state index contributed by atoms with van der Waals surface area (Å²) in [7, 11) is 1.68. The predicted molar refractivity (Wildman–Crippen MR) is 51.5 cm³/mol. The lowest BCUT2D eigenvalue weighted by atomic mass is 10.2. The number of pyridine rings is 1. The van der Waals surface area contributed by atoms with Gasteiger partial charge in [-0.3, -0.25) is 4.98 Å². The molecule has 1 rings (SSSR count). The third-order valence-electron chi connectivity index (χ3n) is 1.46. The number of nitrogens with zero attached hydrogens (tertiary/aromatic N) is 1. The Hall–Kier alpha value is -1.05. The van der Waals surface area contributed by atoms with Crippen molar-refractivity contribution in [2.45, 2.75) is 27.2 Å². The summed E-state index contributed by atoms with van der Waals surface area (Å²) in [6.45, 7) is 6.08. The van der Waals surface area contributed by atoms with Crippen LogP contribution in [0.2, 0.25) is 0 Å². The lowest BCUT2D eigenvalue weighted by Gasteiger charge is -2.03. The lowest BCUT2D eigenvalue weighted by Crippen LogP contribution is -1.90. The molecule has 0 amide bonds. The van der Waals surface area contributed by atoms with Crippen LogP contribution in [0.15, 0.2) is 18.5 Å². The summed E-state index contributed by atoms with van der Waals surface area (Å²) in [5.41, 5.74) is 1.16. The summed E-state index contributed by atoms with van der Waals surface area (Å²) < 4.78 is 5.10. The van der Waals surface area contributed by atoms with E-state index in [9.17, 15) is 0 Å². The minimum absolute atomic E-state index is 0.928. The monoisotopic (exact) mass is 167 g/mol. The molecule has 1 aromatic heterocycles. The van der Waals surface area contributed by atoms with E-state index >= 15 is 0 Å². The van der Waals surface area contributed by atoms with Gasteiger partial charge in [0.15, 0.2) is 0 Å². The third-order valence-corrected chi connectivity index (χ3v) is 1.46. The highest BCUT2D eigenvalue weighted by atomic mass is 16.5. The van der Waals surface area contributed by atoms with Crippen molar-refractivity contribution in [3.63, 3.8) is 0 Å². The summed E-state index contributed by atoms with van der Waals surface area (Å²) in [6, 6.07) is 1.87. The van der Waals surface area contributed by atoms with Crippen molar-refractivity contribution in [3.8, 4) is 5.75 Å². The Balaban J connectivity index is 0.000000561. The van der Waals surface area contributed by atoms with E-state index in [1.165, 1.54) is 0 Å². The SMILES string of the molecule is CC.CCc1cnccc1OC. The van der Waals surface area contributed by atoms with Gasteiger partial charge in [-0.2, -0.15) is 0 Å². The summed E-state index contributed by atoms with van der Waals surface area (Å²) in [6.07, 6.45) is 4.54. The highest BCUT2D eigenvalue weighted by Gasteiger charge is 1.96. The van der Waals surface area contributed by atoms with Crippen molar-refractivity contribution in [2.75, 3.05) is 7.11 Å². The first-order chi connectivity index (χ1) is 5.88. The summed E-state index contributed by atoms with van der Waals surface area (Å²) >= 11 is 0. The Kier molecular flexibility index (Phi) is 6.07. The molecule has 2 nitrogen and oxygen atoms in total. The molecule has 0 bridgehead atoms. The van der Waals surface area contributed by atoms with E-state index in [1.54, 1.807) is 13.3 Å². The van der Waals surface area contributed by atoms with Crippen LogP contribution in [0.25, 0.3) is 0 Å². The van der Waals surface area contributed by atoms with Gasteiger partial charge < -0.3 is 4.74 Å². The van der Waals surface area contributed by atoms with Gasteiger partial charge in [0.2, 0.25) is 0 Å². The summed E-state index contributed by atoms with van der Waals surface area (Å²) in [5, 5.41) is 0. The summed E-state index contributed by atoms with van der Waals surface area (Å²) in [5.74, 6) is 0.928. The van der Waals surface area contributed by atoms with Crippen LogP contribution < -0.4 is 4.74 Å². The van der Waals surface area contributed by atoms with Crippen molar-refractivity contribution in [1.82, 2.24) is 4.98 Å². The number of aromatic nitrogens is 1. The minimum Gasteiger partial charge on any atom is -0.496 e. The molecule has 0 aliphatic carbocycles. The Morgan fingerprint density at radius 3 is 2.50 bits per heavy atom.